The van der Waals surface area contributed by atoms with Crippen LogP contribution in [0.25, 0.3) is 11.1 Å². The fraction of sp³-hybridized carbons (Fsp3) is 0.444. The highest BCUT2D eigenvalue weighted by Crippen LogP contribution is 2.44. The Morgan fingerprint density at radius 2 is 1.69 bits per heavy atom. The highest BCUT2D eigenvalue weighted by atomic mass is 16.5. The summed E-state index contributed by atoms with van der Waals surface area (Å²) in [5.74, 6) is -1.27. The van der Waals surface area contributed by atoms with Crippen molar-refractivity contribution in [2.75, 3.05) is 39.5 Å². The topological polar surface area (TPSA) is 105 Å². The first-order valence-corrected chi connectivity index (χ1v) is 12.1. The maximum atomic E-state index is 12.4. The Hall–Kier alpha value is -3.39. The molecule has 0 saturated carbocycles. The summed E-state index contributed by atoms with van der Waals surface area (Å²) >= 11 is 0. The van der Waals surface area contributed by atoms with Crippen LogP contribution in [0.15, 0.2) is 48.5 Å². The van der Waals surface area contributed by atoms with E-state index in [0.29, 0.717) is 19.5 Å². The van der Waals surface area contributed by atoms with Crippen molar-refractivity contribution in [2.45, 2.75) is 25.7 Å². The highest BCUT2D eigenvalue weighted by Gasteiger charge is 2.33. The van der Waals surface area contributed by atoms with Crippen molar-refractivity contribution in [2.24, 2.45) is 11.8 Å². The maximum absolute atomic E-state index is 12.4. The van der Waals surface area contributed by atoms with Gasteiger partial charge in [0.15, 0.2) is 0 Å². The lowest BCUT2D eigenvalue weighted by Crippen LogP contribution is -2.45. The smallest absolute Gasteiger partial charge is 0.407 e. The molecule has 2 unspecified atom stereocenters. The normalized spacial score (nSPS) is 19.1. The number of carboxylic acids is 1. The molecule has 2 aromatic carbocycles. The highest BCUT2D eigenvalue weighted by molar-refractivity contribution is 5.79. The molecule has 186 valence electrons. The number of fused-ring (bicyclic) bond motifs is 3. The van der Waals surface area contributed by atoms with E-state index in [0.717, 1.165) is 11.1 Å². The van der Waals surface area contributed by atoms with E-state index < -0.39 is 12.1 Å². The lowest BCUT2D eigenvalue weighted by Gasteiger charge is -2.35. The van der Waals surface area contributed by atoms with Gasteiger partial charge >= 0.3 is 12.1 Å². The van der Waals surface area contributed by atoms with E-state index in [2.05, 4.69) is 29.6 Å². The molecule has 2 aromatic rings. The summed E-state index contributed by atoms with van der Waals surface area (Å²) in [6, 6.07) is 16.4. The van der Waals surface area contributed by atoms with Crippen LogP contribution < -0.4 is 5.32 Å². The van der Waals surface area contributed by atoms with Crippen molar-refractivity contribution in [1.29, 1.82) is 0 Å². The number of amides is 2. The van der Waals surface area contributed by atoms with Gasteiger partial charge in [0.05, 0.1) is 25.6 Å². The molecule has 1 aliphatic carbocycles. The van der Waals surface area contributed by atoms with E-state index in [1.165, 1.54) is 11.1 Å². The zero-order chi connectivity index (χ0) is 24.8. The second kappa shape index (κ2) is 11.4. The monoisotopic (exact) mass is 480 g/mol. The van der Waals surface area contributed by atoms with Gasteiger partial charge in [-0.3, -0.25) is 9.59 Å². The number of ether oxygens (including phenoxy) is 2. The number of hydrogen-bond acceptors (Lipinski definition) is 5. The quantitative estimate of drug-likeness (QED) is 0.533. The second-order valence-electron chi connectivity index (χ2n) is 9.17. The number of likely N-dealkylation sites (tertiary alicyclic amines) is 1. The van der Waals surface area contributed by atoms with E-state index in [9.17, 15) is 19.5 Å². The minimum absolute atomic E-state index is 0.0127. The zero-order valence-electron chi connectivity index (χ0n) is 19.9. The lowest BCUT2D eigenvalue weighted by atomic mass is 9.87. The summed E-state index contributed by atoms with van der Waals surface area (Å²) in [5, 5.41) is 11.9. The Bertz CT molecular complexity index is 1030. The van der Waals surface area contributed by atoms with Crippen LogP contribution in [-0.2, 0) is 19.1 Å². The van der Waals surface area contributed by atoms with Crippen molar-refractivity contribution in [3.05, 3.63) is 59.7 Å². The first kappa shape index (κ1) is 24.7. The number of carbonyl (C=O) groups excluding carboxylic acids is 2. The van der Waals surface area contributed by atoms with Gasteiger partial charge in [-0.05, 0) is 34.6 Å². The fourth-order valence-electron chi connectivity index (χ4n) is 5.03. The molecule has 1 fully saturated rings. The van der Waals surface area contributed by atoms with Gasteiger partial charge in [-0.2, -0.15) is 0 Å². The first-order chi connectivity index (χ1) is 17.0. The Morgan fingerprint density at radius 3 is 2.31 bits per heavy atom. The Kier molecular flexibility index (Phi) is 8.02. The van der Waals surface area contributed by atoms with Crippen molar-refractivity contribution in [3.8, 4) is 11.1 Å². The minimum atomic E-state index is -0.795. The van der Waals surface area contributed by atoms with Crippen LogP contribution in [-0.4, -0.2) is 67.4 Å². The van der Waals surface area contributed by atoms with Crippen LogP contribution in [0.5, 0.6) is 0 Å². The van der Waals surface area contributed by atoms with Crippen LogP contribution in [0, 0.1) is 11.8 Å². The number of piperidine rings is 1. The largest absolute Gasteiger partial charge is 0.481 e. The number of rotatable bonds is 9. The molecule has 1 aliphatic heterocycles. The Morgan fingerprint density at radius 1 is 1.03 bits per heavy atom. The van der Waals surface area contributed by atoms with Gasteiger partial charge in [-0.15, -0.1) is 0 Å². The van der Waals surface area contributed by atoms with E-state index in [1.807, 2.05) is 31.2 Å². The molecule has 35 heavy (non-hydrogen) atoms. The van der Waals surface area contributed by atoms with Gasteiger partial charge in [0.1, 0.15) is 6.61 Å². The van der Waals surface area contributed by atoms with Crippen LogP contribution in [0.2, 0.25) is 0 Å². The van der Waals surface area contributed by atoms with E-state index in [1.54, 1.807) is 4.90 Å². The predicted octanol–water partition coefficient (Wildman–Crippen LogP) is 3.50. The van der Waals surface area contributed by atoms with Gasteiger partial charge in [0.2, 0.25) is 5.91 Å². The average molecular weight is 481 g/mol. The summed E-state index contributed by atoms with van der Waals surface area (Å²) in [7, 11) is 0. The van der Waals surface area contributed by atoms with E-state index >= 15 is 0 Å². The molecule has 0 bridgehead atoms. The molecular formula is C27H32N2O6. The predicted molar refractivity (Wildman–Crippen MR) is 130 cm³/mol. The number of alkyl carbamates (subject to hydrolysis) is 1. The third-order valence-electron chi connectivity index (χ3n) is 6.89. The molecule has 2 N–H and O–H groups in total. The zero-order valence-corrected chi connectivity index (χ0v) is 19.9. The number of carboxylic acid groups (broad SMARTS) is 1. The van der Waals surface area contributed by atoms with E-state index in [4.69, 9.17) is 9.47 Å². The molecular weight excluding hydrogens is 448 g/mol. The van der Waals surface area contributed by atoms with Crippen molar-refractivity contribution in [3.63, 3.8) is 0 Å². The molecule has 4 rings (SSSR count). The molecule has 1 saturated heterocycles. The summed E-state index contributed by atoms with van der Waals surface area (Å²) in [4.78, 5) is 37.5. The van der Waals surface area contributed by atoms with Gasteiger partial charge < -0.3 is 24.8 Å². The standard InChI is InChI=1S/C27H32N2O6/c1-18-16-29(13-10-19(18)26(31)32)25(30)11-14-34-15-12-28-27(33)35-17-24-22-8-4-2-6-20(22)21-7-3-5-9-23(21)24/h2-9,18-19,24H,10-17H2,1H3,(H,28,33)(H,31,32). The Labute approximate surface area is 205 Å². The van der Waals surface area contributed by atoms with Crippen LogP contribution in [0.4, 0.5) is 4.79 Å². The third-order valence-corrected chi connectivity index (χ3v) is 6.89. The van der Waals surface area contributed by atoms with Crippen molar-refractivity contribution < 1.29 is 29.0 Å². The fourth-order valence-corrected chi connectivity index (χ4v) is 5.03. The van der Waals surface area contributed by atoms with Crippen molar-refractivity contribution in [1.82, 2.24) is 10.2 Å². The number of carbonyl (C=O) groups is 3. The third kappa shape index (κ3) is 5.82. The first-order valence-electron chi connectivity index (χ1n) is 12.1. The Balaban J connectivity index is 1.12. The SMILES string of the molecule is CC1CN(C(=O)CCOCCNC(=O)OCC2c3ccccc3-c3ccccc32)CCC1C(=O)O. The summed E-state index contributed by atoms with van der Waals surface area (Å²) in [5.41, 5.74) is 4.69. The number of aliphatic carboxylic acids is 1. The minimum Gasteiger partial charge on any atom is -0.481 e. The summed E-state index contributed by atoms with van der Waals surface area (Å²) in [6.45, 7) is 3.85. The second-order valence-corrected chi connectivity index (χ2v) is 9.17. The number of hydrogen-bond donors (Lipinski definition) is 2. The lowest BCUT2D eigenvalue weighted by molar-refractivity contribution is -0.148. The average Bonchev–Trinajstić information content (AvgIpc) is 3.18. The molecule has 0 radical (unpaired) electrons. The molecule has 0 spiro atoms. The molecule has 1 heterocycles. The molecule has 2 atom stereocenters. The molecule has 8 nitrogen and oxygen atoms in total. The van der Waals surface area contributed by atoms with E-state index in [-0.39, 0.29) is 56.4 Å². The van der Waals surface area contributed by atoms with Crippen molar-refractivity contribution >= 4 is 18.0 Å². The molecule has 0 aromatic heterocycles. The van der Waals surface area contributed by atoms with Crippen LogP contribution in [0.3, 0.4) is 0 Å². The van der Waals surface area contributed by atoms with Crippen LogP contribution >= 0.6 is 0 Å². The number of benzene rings is 2. The molecule has 2 amide bonds. The molecule has 8 heteroatoms. The number of nitrogens with zero attached hydrogens (tertiary/aromatic N) is 1. The summed E-state index contributed by atoms with van der Waals surface area (Å²) < 4.78 is 11.0. The van der Waals surface area contributed by atoms with Gasteiger partial charge in [-0.1, -0.05) is 55.5 Å². The number of nitrogens with one attached hydrogen (secondary N) is 1. The van der Waals surface area contributed by atoms with Gasteiger partial charge in [0.25, 0.3) is 0 Å². The molecule has 2 aliphatic rings. The summed E-state index contributed by atoms with van der Waals surface area (Å²) in [6.07, 6.45) is 0.213. The van der Waals surface area contributed by atoms with Gasteiger partial charge in [-0.25, -0.2) is 4.79 Å². The van der Waals surface area contributed by atoms with Gasteiger partial charge in [0, 0.05) is 25.6 Å². The van der Waals surface area contributed by atoms with Crippen LogP contribution in [0.1, 0.15) is 36.8 Å². The maximum Gasteiger partial charge on any atom is 0.407 e.